The molecule has 0 saturated carbocycles. The van der Waals surface area contributed by atoms with Crippen LogP contribution < -0.4 is 0 Å². The van der Waals surface area contributed by atoms with E-state index >= 15 is 0 Å². The summed E-state index contributed by atoms with van der Waals surface area (Å²) >= 11 is 12.1. The minimum Gasteiger partial charge on any atom is -0.382 e. The van der Waals surface area contributed by atoms with Gasteiger partial charge in [-0.05, 0) is 12.1 Å². The summed E-state index contributed by atoms with van der Waals surface area (Å²) in [7, 11) is 0. The summed E-state index contributed by atoms with van der Waals surface area (Å²) in [5.41, 5.74) is 2.06. The second-order valence-electron chi connectivity index (χ2n) is 4.01. The van der Waals surface area contributed by atoms with Crippen molar-refractivity contribution in [2.45, 2.75) is 6.42 Å². The number of terminal acetylenes is 1. The van der Waals surface area contributed by atoms with Crippen molar-refractivity contribution in [3.05, 3.63) is 58.1 Å². The van der Waals surface area contributed by atoms with Crippen molar-refractivity contribution in [1.82, 2.24) is 9.97 Å². The first-order valence-corrected chi connectivity index (χ1v) is 6.79. The zero-order valence-corrected chi connectivity index (χ0v) is 12.5. The third-order valence-electron chi connectivity index (χ3n) is 2.53. The molecule has 6 heteroatoms. The van der Waals surface area contributed by atoms with Crippen LogP contribution in [0.2, 0.25) is 10.0 Å². The second-order valence-corrected chi connectivity index (χ2v) is 4.86. The molecule has 0 radical (unpaired) electrons. The van der Waals surface area contributed by atoms with Gasteiger partial charge in [0.25, 0.3) is 0 Å². The molecule has 2 rings (SSSR count). The van der Waals surface area contributed by atoms with Gasteiger partial charge in [-0.15, -0.1) is 6.42 Å². The Morgan fingerprint density at radius 3 is 2.86 bits per heavy atom. The number of aromatic nitrogens is 2. The van der Waals surface area contributed by atoms with Crippen molar-refractivity contribution in [3.8, 4) is 12.3 Å². The lowest BCUT2D eigenvalue weighted by Crippen LogP contribution is -2.09. The van der Waals surface area contributed by atoms with E-state index in [0.717, 1.165) is 5.69 Å². The summed E-state index contributed by atoms with van der Waals surface area (Å²) in [5, 5.41) is 5.08. The standard InChI is InChI=1S/C15H11Cl2N3O/c1-2-7-21-20-15(9-12-10-18-5-6-19-12)13-4-3-11(16)8-14(13)17/h1,3-6,8,10H,7,9H2. The highest BCUT2D eigenvalue weighted by molar-refractivity contribution is 6.37. The first-order valence-electron chi connectivity index (χ1n) is 6.03. The fraction of sp³-hybridized carbons (Fsp3) is 0.133. The summed E-state index contributed by atoms with van der Waals surface area (Å²) in [6.07, 6.45) is 10.4. The zero-order chi connectivity index (χ0) is 15.1. The normalized spacial score (nSPS) is 11.0. The SMILES string of the molecule is C#CCON=C(Cc1cnccn1)c1ccc(Cl)cc1Cl. The van der Waals surface area contributed by atoms with E-state index in [0.29, 0.717) is 27.7 Å². The molecule has 0 aliphatic heterocycles. The van der Waals surface area contributed by atoms with E-state index in [1.807, 2.05) is 0 Å². The average molecular weight is 320 g/mol. The molecule has 0 saturated heterocycles. The van der Waals surface area contributed by atoms with Crippen molar-refractivity contribution in [2.24, 2.45) is 5.16 Å². The maximum Gasteiger partial charge on any atom is 0.177 e. The molecule has 1 heterocycles. The molecule has 2 aromatic rings. The van der Waals surface area contributed by atoms with Gasteiger partial charge in [-0.25, -0.2) is 0 Å². The number of hydrogen-bond acceptors (Lipinski definition) is 4. The Bertz CT molecular complexity index is 681. The van der Waals surface area contributed by atoms with Crippen LogP contribution in [0.4, 0.5) is 0 Å². The molecule has 0 aliphatic carbocycles. The van der Waals surface area contributed by atoms with Gasteiger partial charge in [0.2, 0.25) is 0 Å². The number of oxime groups is 1. The highest BCUT2D eigenvalue weighted by Gasteiger charge is 2.12. The van der Waals surface area contributed by atoms with Crippen molar-refractivity contribution < 1.29 is 4.84 Å². The maximum absolute atomic E-state index is 6.21. The van der Waals surface area contributed by atoms with E-state index in [9.17, 15) is 0 Å². The number of benzene rings is 1. The molecule has 0 bridgehead atoms. The molecule has 4 nitrogen and oxygen atoms in total. The van der Waals surface area contributed by atoms with Gasteiger partial charge < -0.3 is 4.84 Å². The minimum absolute atomic E-state index is 0.0785. The predicted molar refractivity (Wildman–Crippen MR) is 83.5 cm³/mol. The quantitative estimate of drug-likeness (QED) is 0.367. The third kappa shape index (κ3) is 4.45. The molecule has 0 aliphatic rings. The van der Waals surface area contributed by atoms with Gasteiger partial charge in [0.15, 0.2) is 6.61 Å². The lowest BCUT2D eigenvalue weighted by atomic mass is 10.1. The Labute approximate surface area is 132 Å². The second kappa shape index (κ2) is 7.63. The van der Waals surface area contributed by atoms with Gasteiger partial charge >= 0.3 is 0 Å². The monoisotopic (exact) mass is 319 g/mol. The molecule has 1 aromatic heterocycles. The highest BCUT2D eigenvalue weighted by Crippen LogP contribution is 2.22. The zero-order valence-electron chi connectivity index (χ0n) is 11.0. The first kappa shape index (κ1) is 15.3. The van der Waals surface area contributed by atoms with E-state index in [4.69, 9.17) is 34.5 Å². The van der Waals surface area contributed by atoms with Crippen LogP contribution in [-0.4, -0.2) is 22.3 Å². The van der Waals surface area contributed by atoms with Crippen LogP contribution in [-0.2, 0) is 11.3 Å². The van der Waals surface area contributed by atoms with Crippen LogP contribution in [0, 0.1) is 12.3 Å². The summed E-state index contributed by atoms with van der Waals surface area (Å²) in [5.74, 6) is 2.35. The Balaban J connectivity index is 2.32. The number of hydrogen-bond donors (Lipinski definition) is 0. The van der Waals surface area contributed by atoms with Crippen LogP contribution in [0.15, 0.2) is 41.9 Å². The molecule has 0 N–H and O–H groups in total. The van der Waals surface area contributed by atoms with Gasteiger partial charge in [-0.1, -0.05) is 40.3 Å². The van der Waals surface area contributed by atoms with Crippen molar-refractivity contribution in [3.63, 3.8) is 0 Å². The fourth-order valence-electron chi connectivity index (χ4n) is 1.64. The van der Waals surface area contributed by atoms with E-state index in [-0.39, 0.29) is 6.61 Å². The van der Waals surface area contributed by atoms with E-state index in [2.05, 4.69) is 21.0 Å². The van der Waals surface area contributed by atoms with Crippen LogP contribution in [0.3, 0.4) is 0 Å². The molecule has 0 atom stereocenters. The fourth-order valence-corrected chi connectivity index (χ4v) is 2.16. The van der Waals surface area contributed by atoms with E-state index in [1.165, 1.54) is 0 Å². The number of nitrogens with zero attached hydrogens (tertiary/aromatic N) is 3. The molecule has 21 heavy (non-hydrogen) atoms. The number of rotatable bonds is 5. The minimum atomic E-state index is 0.0785. The van der Waals surface area contributed by atoms with E-state index in [1.54, 1.807) is 36.8 Å². The molecule has 0 fully saturated rings. The molecule has 0 unspecified atom stereocenters. The predicted octanol–water partition coefficient (Wildman–Crippen LogP) is 3.38. The first-order chi connectivity index (χ1) is 10.2. The van der Waals surface area contributed by atoms with Gasteiger partial charge in [0.1, 0.15) is 0 Å². The third-order valence-corrected chi connectivity index (χ3v) is 3.08. The van der Waals surface area contributed by atoms with Gasteiger partial charge in [-0.3, -0.25) is 9.97 Å². The topological polar surface area (TPSA) is 47.4 Å². The summed E-state index contributed by atoms with van der Waals surface area (Å²) < 4.78 is 0. The number of halogens is 2. The smallest absolute Gasteiger partial charge is 0.177 e. The highest BCUT2D eigenvalue weighted by atomic mass is 35.5. The maximum atomic E-state index is 6.21. The molecule has 1 aromatic carbocycles. The molecular formula is C15H11Cl2N3O. The van der Waals surface area contributed by atoms with Gasteiger partial charge in [-0.2, -0.15) is 0 Å². The average Bonchev–Trinajstić information content (AvgIpc) is 2.48. The van der Waals surface area contributed by atoms with Crippen molar-refractivity contribution >= 4 is 28.9 Å². The summed E-state index contributed by atoms with van der Waals surface area (Å²) in [6.45, 7) is 0.0785. The van der Waals surface area contributed by atoms with Crippen LogP contribution >= 0.6 is 23.2 Å². The van der Waals surface area contributed by atoms with E-state index < -0.39 is 0 Å². The molecule has 0 spiro atoms. The van der Waals surface area contributed by atoms with Crippen molar-refractivity contribution in [2.75, 3.05) is 6.61 Å². The lowest BCUT2D eigenvalue weighted by Gasteiger charge is -2.08. The largest absolute Gasteiger partial charge is 0.382 e. The Morgan fingerprint density at radius 2 is 2.19 bits per heavy atom. The Hall–Kier alpha value is -2.09. The summed E-state index contributed by atoms with van der Waals surface area (Å²) in [4.78, 5) is 13.3. The van der Waals surface area contributed by atoms with Crippen LogP contribution in [0.25, 0.3) is 0 Å². The molecule has 106 valence electrons. The van der Waals surface area contributed by atoms with Gasteiger partial charge in [0.05, 0.1) is 16.4 Å². The summed E-state index contributed by atoms with van der Waals surface area (Å²) in [6, 6.07) is 5.15. The Kier molecular flexibility index (Phi) is 5.56. The molecule has 0 amide bonds. The lowest BCUT2D eigenvalue weighted by molar-refractivity contribution is 0.179. The molecular weight excluding hydrogens is 309 g/mol. The van der Waals surface area contributed by atoms with Gasteiger partial charge in [0, 0.05) is 35.6 Å². The van der Waals surface area contributed by atoms with Crippen LogP contribution in [0.5, 0.6) is 0 Å². The van der Waals surface area contributed by atoms with Crippen molar-refractivity contribution in [1.29, 1.82) is 0 Å². The Morgan fingerprint density at radius 1 is 1.33 bits per heavy atom. The van der Waals surface area contributed by atoms with Crippen LogP contribution in [0.1, 0.15) is 11.3 Å².